The van der Waals surface area contributed by atoms with E-state index in [9.17, 15) is 9.59 Å². The number of pyridine rings is 1. The Labute approximate surface area is 177 Å². The average Bonchev–Trinajstić information content (AvgIpc) is 2.76. The van der Waals surface area contributed by atoms with Crippen LogP contribution < -0.4 is 10.3 Å². The van der Waals surface area contributed by atoms with Crippen molar-refractivity contribution in [3.05, 3.63) is 93.5 Å². The van der Waals surface area contributed by atoms with Crippen molar-refractivity contribution in [3.8, 4) is 5.75 Å². The number of benzene rings is 2. The van der Waals surface area contributed by atoms with Gasteiger partial charge >= 0.3 is 5.97 Å². The quantitative estimate of drug-likeness (QED) is 0.356. The summed E-state index contributed by atoms with van der Waals surface area (Å²) >= 11 is 5.89. The van der Waals surface area contributed by atoms with Crippen LogP contribution in [0.3, 0.4) is 0 Å². The van der Waals surface area contributed by atoms with Crippen LogP contribution in [0.5, 0.6) is 5.75 Å². The Balaban J connectivity index is 1.44. The number of esters is 1. The number of carbonyl (C=O) groups is 1. The molecule has 0 unspecified atom stereocenters. The van der Waals surface area contributed by atoms with Crippen molar-refractivity contribution in [2.45, 2.75) is 6.61 Å². The van der Waals surface area contributed by atoms with Gasteiger partial charge in [-0.3, -0.25) is 9.20 Å². The summed E-state index contributed by atoms with van der Waals surface area (Å²) in [5.41, 5.74) is 1.37. The molecule has 30 heavy (non-hydrogen) atoms. The summed E-state index contributed by atoms with van der Waals surface area (Å²) in [4.78, 5) is 28.5. The molecular weight excluding hydrogens is 404 g/mol. The first-order valence-electron chi connectivity index (χ1n) is 9.12. The normalized spacial score (nSPS) is 11.3. The number of nitrogens with zero attached hydrogens (tertiary/aromatic N) is 2. The van der Waals surface area contributed by atoms with Crippen molar-refractivity contribution in [2.24, 2.45) is 0 Å². The fourth-order valence-electron chi connectivity index (χ4n) is 3.03. The zero-order valence-corrected chi connectivity index (χ0v) is 16.8. The van der Waals surface area contributed by atoms with E-state index in [0.29, 0.717) is 16.4 Å². The van der Waals surface area contributed by atoms with Gasteiger partial charge in [0, 0.05) is 18.3 Å². The number of methoxy groups -OCH3 is 1. The molecule has 0 aliphatic rings. The molecule has 6 nitrogen and oxygen atoms in total. The van der Waals surface area contributed by atoms with E-state index in [2.05, 4.69) is 4.98 Å². The van der Waals surface area contributed by atoms with Gasteiger partial charge < -0.3 is 9.47 Å². The Hall–Kier alpha value is -3.64. The SMILES string of the molecule is COc1ccc2cc(/C=C/C(=O)OCc3cc(=O)n4cc(Cl)ccc4n3)ccc2c1. The number of ether oxygens (including phenoxy) is 2. The largest absolute Gasteiger partial charge is 0.497 e. The van der Waals surface area contributed by atoms with Gasteiger partial charge in [-0.25, -0.2) is 9.78 Å². The topological polar surface area (TPSA) is 69.9 Å². The molecule has 0 bridgehead atoms. The van der Waals surface area contributed by atoms with E-state index >= 15 is 0 Å². The summed E-state index contributed by atoms with van der Waals surface area (Å²) in [6.45, 7) is -0.102. The van der Waals surface area contributed by atoms with Crippen molar-refractivity contribution in [3.63, 3.8) is 0 Å². The smallest absolute Gasteiger partial charge is 0.331 e. The maximum absolute atomic E-state index is 12.2. The monoisotopic (exact) mass is 420 g/mol. The second kappa shape index (κ2) is 8.39. The lowest BCUT2D eigenvalue weighted by atomic mass is 10.1. The second-order valence-electron chi connectivity index (χ2n) is 6.57. The molecule has 0 saturated heterocycles. The van der Waals surface area contributed by atoms with Gasteiger partial charge in [0.05, 0.1) is 17.8 Å². The molecular formula is C23H17ClN2O4. The number of carbonyl (C=O) groups excluding carboxylic acids is 1. The fourth-order valence-corrected chi connectivity index (χ4v) is 3.19. The van der Waals surface area contributed by atoms with E-state index in [0.717, 1.165) is 22.1 Å². The number of hydrogen-bond acceptors (Lipinski definition) is 5. The van der Waals surface area contributed by atoms with Crippen LogP contribution in [0.2, 0.25) is 5.02 Å². The van der Waals surface area contributed by atoms with E-state index in [1.54, 1.807) is 25.3 Å². The minimum atomic E-state index is -0.525. The number of halogens is 1. The first-order chi connectivity index (χ1) is 14.5. The van der Waals surface area contributed by atoms with E-state index < -0.39 is 5.97 Å². The zero-order valence-electron chi connectivity index (χ0n) is 16.0. The summed E-state index contributed by atoms with van der Waals surface area (Å²) in [5.74, 6) is 0.266. The van der Waals surface area contributed by atoms with Gasteiger partial charge in [-0.1, -0.05) is 29.8 Å². The van der Waals surface area contributed by atoms with Gasteiger partial charge in [-0.05, 0) is 52.7 Å². The lowest BCUT2D eigenvalue weighted by Crippen LogP contribution is -2.16. The van der Waals surface area contributed by atoms with Gasteiger partial charge in [0.2, 0.25) is 0 Å². The van der Waals surface area contributed by atoms with Gasteiger partial charge in [0.25, 0.3) is 5.56 Å². The van der Waals surface area contributed by atoms with E-state index in [1.807, 2.05) is 36.4 Å². The Kier molecular flexibility index (Phi) is 5.50. The van der Waals surface area contributed by atoms with Crippen molar-refractivity contribution >= 4 is 40.1 Å². The minimum absolute atomic E-state index is 0.102. The molecule has 2 aromatic heterocycles. The summed E-state index contributed by atoms with van der Waals surface area (Å²) in [5, 5.41) is 2.51. The fraction of sp³-hybridized carbons (Fsp3) is 0.0870. The van der Waals surface area contributed by atoms with Crippen LogP contribution in [0.15, 0.2) is 71.7 Å². The highest BCUT2D eigenvalue weighted by Gasteiger charge is 2.06. The van der Waals surface area contributed by atoms with Crippen LogP contribution in [-0.2, 0) is 16.1 Å². The lowest BCUT2D eigenvalue weighted by molar-refractivity contribution is -0.139. The lowest BCUT2D eigenvalue weighted by Gasteiger charge is -2.05. The number of aromatic nitrogens is 2. The molecule has 2 heterocycles. The number of hydrogen-bond donors (Lipinski definition) is 0. The molecule has 0 radical (unpaired) electrons. The standard InChI is InChI=1S/C23H17ClN2O4/c1-29-20-7-5-16-10-15(2-4-17(16)11-20)3-9-23(28)30-14-19-12-22(27)26-13-18(24)6-8-21(26)25-19/h2-13H,14H2,1H3/b9-3+. The maximum Gasteiger partial charge on any atom is 0.331 e. The van der Waals surface area contributed by atoms with E-state index in [1.165, 1.54) is 22.7 Å². The summed E-state index contributed by atoms with van der Waals surface area (Å²) in [6.07, 6.45) is 4.51. The van der Waals surface area contributed by atoms with Crippen LogP contribution in [0.1, 0.15) is 11.3 Å². The molecule has 0 amide bonds. The molecule has 2 aromatic carbocycles. The first kappa shape index (κ1) is 19.7. The third-order valence-electron chi connectivity index (χ3n) is 4.52. The summed E-state index contributed by atoms with van der Waals surface area (Å²) in [6, 6.07) is 16.2. The minimum Gasteiger partial charge on any atom is -0.497 e. The van der Waals surface area contributed by atoms with Crippen molar-refractivity contribution in [1.82, 2.24) is 9.38 Å². The molecule has 0 spiro atoms. The predicted molar refractivity (Wildman–Crippen MR) is 116 cm³/mol. The van der Waals surface area contributed by atoms with Crippen LogP contribution in [0.4, 0.5) is 0 Å². The molecule has 7 heteroatoms. The Morgan fingerprint density at radius 3 is 2.73 bits per heavy atom. The highest BCUT2D eigenvalue weighted by Crippen LogP contribution is 2.22. The van der Waals surface area contributed by atoms with Gasteiger partial charge in [0.15, 0.2) is 0 Å². The Morgan fingerprint density at radius 1 is 1.10 bits per heavy atom. The van der Waals surface area contributed by atoms with E-state index in [-0.39, 0.29) is 12.2 Å². The van der Waals surface area contributed by atoms with Crippen molar-refractivity contribution < 1.29 is 14.3 Å². The Bertz CT molecular complexity index is 1340. The molecule has 4 rings (SSSR count). The van der Waals surface area contributed by atoms with Crippen LogP contribution in [0.25, 0.3) is 22.5 Å². The molecule has 0 aliphatic carbocycles. The molecule has 0 N–H and O–H groups in total. The molecule has 4 aromatic rings. The molecule has 150 valence electrons. The van der Waals surface area contributed by atoms with Crippen LogP contribution in [0, 0.1) is 0 Å². The summed E-state index contributed by atoms with van der Waals surface area (Å²) < 4.78 is 11.8. The van der Waals surface area contributed by atoms with Gasteiger partial charge in [0.1, 0.15) is 18.0 Å². The number of fused-ring (bicyclic) bond motifs is 2. The van der Waals surface area contributed by atoms with Crippen molar-refractivity contribution in [2.75, 3.05) is 7.11 Å². The highest BCUT2D eigenvalue weighted by molar-refractivity contribution is 6.30. The number of rotatable bonds is 5. The third kappa shape index (κ3) is 4.34. The summed E-state index contributed by atoms with van der Waals surface area (Å²) in [7, 11) is 1.63. The first-order valence-corrected chi connectivity index (χ1v) is 9.50. The Morgan fingerprint density at radius 2 is 1.90 bits per heavy atom. The second-order valence-corrected chi connectivity index (χ2v) is 7.01. The molecule has 0 aliphatic heterocycles. The molecule has 0 saturated carbocycles. The highest BCUT2D eigenvalue weighted by atomic mass is 35.5. The van der Waals surface area contributed by atoms with Crippen LogP contribution in [-0.4, -0.2) is 22.5 Å². The van der Waals surface area contributed by atoms with Gasteiger partial charge in [-0.15, -0.1) is 0 Å². The molecule has 0 fully saturated rings. The zero-order chi connectivity index (χ0) is 21.1. The van der Waals surface area contributed by atoms with Gasteiger partial charge in [-0.2, -0.15) is 0 Å². The van der Waals surface area contributed by atoms with Crippen LogP contribution >= 0.6 is 11.6 Å². The predicted octanol–water partition coefficient (Wildman–Crippen LogP) is 4.27. The maximum atomic E-state index is 12.2. The average molecular weight is 421 g/mol. The third-order valence-corrected chi connectivity index (χ3v) is 4.75. The van der Waals surface area contributed by atoms with Crippen molar-refractivity contribution in [1.29, 1.82) is 0 Å². The molecule has 0 atom stereocenters. The van der Waals surface area contributed by atoms with E-state index in [4.69, 9.17) is 21.1 Å².